The van der Waals surface area contributed by atoms with E-state index in [1.54, 1.807) is 50.4 Å². The lowest BCUT2D eigenvalue weighted by atomic mass is 9.76. The molecule has 0 aliphatic carbocycles. The predicted octanol–water partition coefficient (Wildman–Crippen LogP) is 6.83. The van der Waals surface area contributed by atoms with Crippen molar-refractivity contribution in [3.8, 4) is 11.6 Å². The van der Waals surface area contributed by atoms with Crippen molar-refractivity contribution in [1.29, 1.82) is 0 Å². The van der Waals surface area contributed by atoms with Crippen molar-refractivity contribution in [1.82, 2.24) is 24.6 Å². The highest BCUT2D eigenvalue weighted by Gasteiger charge is 2.51. The number of ether oxygens (including phenoxy) is 3. The van der Waals surface area contributed by atoms with E-state index in [9.17, 15) is 22.8 Å². The van der Waals surface area contributed by atoms with Gasteiger partial charge in [-0.15, -0.1) is 0 Å². The van der Waals surface area contributed by atoms with Crippen LogP contribution >= 0.6 is 0 Å². The number of rotatable bonds is 10. The standard InChI is InChI=1S/C38H42F3N7O5/c1-4-9-26-12-13-28(29(20-26)48-17-14-25(3)45-48)33(38(39,40)41)53-32-21-31(43-35(42)44-32)46-18-15-37(16-19-46)22-30(34(49)51-5-2)47(24-37)36(50)52-23-27-10-7-6-8-11-27/h4,6-14,17,20-21,30,33H,5,15-16,18-19,22-24H2,1-3H3,(H2,42,43,44)/b9-4+/t30-,33+/m0/s1. The molecule has 2 aliphatic rings. The van der Waals surface area contributed by atoms with Crippen molar-refractivity contribution in [3.05, 3.63) is 95.3 Å². The number of anilines is 2. The van der Waals surface area contributed by atoms with Crippen LogP contribution in [0.5, 0.6) is 5.88 Å². The van der Waals surface area contributed by atoms with Crippen LogP contribution in [0.3, 0.4) is 0 Å². The zero-order chi connectivity index (χ0) is 37.8. The minimum Gasteiger partial charge on any atom is -0.464 e. The molecular formula is C38H42F3N7O5. The Morgan fingerprint density at radius 2 is 1.81 bits per heavy atom. The first-order valence-electron chi connectivity index (χ1n) is 17.4. The number of amides is 1. The third-order valence-corrected chi connectivity index (χ3v) is 9.56. The van der Waals surface area contributed by atoms with Crippen LogP contribution in [0, 0.1) is 12.3 Å². The summed E-state index contributed by atoms with van der Waals surface area (Å²) in [5, 5.41) is 4.36. The fourth-order valence-corrected chi connectivity index (χ4v) is 6.98. The fourth-order valence-electron chi connectivity index (χ4n) is 6.98. The summed E-state index contributed by atoms with van der Waals surface area (Å²) in [6.07, 6.45) is -1.16. The summed E-state index contributed by atoms with van der Waals surface area (Å²) < 4.78 is 62.4. The number of halogens is 3. The Hall–Kier alpha value is -5.60. The topological polar surface area (TPSA) is 138 Å². The minimum absolute atomic E-state index is 0.0625. The number of likely N-dealkylation sites (tertiary alicyclic amines) is 1. The summed E-state index contributed by atoms with van der Waals surface area (Å²) in [6, 6.07) is 16.1. The van der Waals surface area contributed by atoms with Crippen molar-refractivity contribution in [2.24, 2.45) is 5.41 Å². The van der Waals surface area contributed by atoms with Gasteiger partial charge < -0.3 is 24.8 Å². The van der Waals surface area contributed by atoms with Gasteiger partial charge >= 0.3 is 18.2 Å². The molecule has 12 nitrogen and oxygen atoms in total. The Labute approximate surface area is 305 Å². The molecule has 6 rings (SSSR count). The van der Waals surface area contributed by atoms with Gasteiger partial charge in [-0.2, -0.15) is 28.2 Å². The zero-order valence-electron chi connectivity index (χ0n) is 29.8. The maximum absolute atomic E-state index is 14.8. The van der Waals surface area contributed by atoms with Gasteiger partial charge in [0, 0.05) is 37.5 Å². The Morgan fingerprint density at radius 3 is 2.47 bits per heavy atom. The monoisotopic (exact) mass is 733 g/mol. The first-order valence-corrected chi connectivity index (χ1v) is 17.4. The average Bonchev–Trinajstić information content (AvgIpc) is 3.74. The van der Waals surface area contributed by atoms with E-state index in [0.717, 1.165) is 5.56 Å². The number of alkyl halides is 3. The highest BCUT2D eigenvalue weighted by Crippen LogP contribution is 2.45. The van der Waals surface area contributed by atoms with Crippen molar-refractivity contribution in [2.75, 3.05) is 36.9 Å². The number of aryl methyl sites for hydroxylation is 1. The lowest BCUT2D eigenvalue weighted by molar-refractivity contribution is -0.198. The summed E-state index contributed by atoms with van der Waals surface area (Å²) in [4.78, 5) is 38.0. The van der Waals surface area contributed by atoms with E-state index in [2.05, 4.69) is 15.1 Å². The number of allylic oxidation sites excluding steroid dienone is 1. The number of carbonyl (C=O) groups excluding carboxylic acids is 2. The second-order valence-electron chi connectivity index (χ2n) is 13.3. The number of carbonyl (C=O) groups is 2. The molecule has 4 aromatic rings. The van der Waals surface area contributed by atoms with Crippen LogP contribution in [0.15, 0.2) is 72.9 Å². The summed E-state index contributed by atoms with van der Waals surface area (Å²) in [6.45, 7) is 6.65. The summed E-state index contributed by atoms with van der Waals surface area (Å²) >= 11 is 0. The van der Waals surface area contributed by atoms with E-state index in [1.807, 2.05) is 42.2 Å². The van der Waals surface area contributed by atoms with E-state index in [-0.39, 0.29) is 42.8 Å². The van der Waals surface area contributed by atoms with Gasteiger partial charge in [-0.05, 0) is 68.7 Å². The zero-order valence-corrected chi connectivity index (χ0v) is 29.8. The number of hydrogen-bond donors (Lipinski definition) is 1. The van der Waals surface area contributed by atoms with Crippen LogP contribution in [0.1, 0.15) is 61.6 Å². The Kier molecular flexibility index (Phi) is 10.9. The van der Waals surface area contributed by atoms with E-state index in [0.29, 0.717) is 49.4 Å². The van der Waals surface area contributed by atoms with Gasteiger partial charge in [0.15, 0.2) is 0 Å². The molecular weight excluding hydrogens is 691 g/mol. The molecule has 15 heteroatoms. The molecule has 2 saturated heterocycles. The number of aromatic nitrogens is 4. The molecule has 53 heavy (non-hydrogen) atoms. The predicted molar refractivity (Wildman–Crippen MR) is 191 cm³/mol. The lowest BCUT2D eigenvalue weighted by Crippen LogP contribution is -2.43. The summed E-state index contributed by atoms with van der Waals surface area (Å²) in [5.41, 5.74) is 7.82. The molecule has 0 radical (unpaired) electrons. The molecule has 1 amide bonds. The molecule has 2 atom stereocenters. The van der Waals surface area contributed by atoms with Gasteiger partial charge in [0.1, 0.15) is 18.5 Å². The normalized spacial score (nSPS) is 17.7. The molecule has 0 bridgehead atoms. The molecule has 0 saturated carbocycles. The van der Waals surface area contributed by atoms with E-state index >= 15 is 0 Å². The smallest absolute Gasteiger partial charge is 0.429 e. The Morgan fingerprint density at radius 1 is 1.06 bits per heavy atom. The van der Waals surface area contributed by atoms with Gasteiger partial charge in [0.25, 0.3) is 0 Å². The summed E-state index contributed by atoms with van der Waals surface area (Å²) in [5.74, 6) is -0.782. The number of benzene rings is 2. The number of hydrogen-bond acceptors (Lipinski definition) is 10. The first kappa shape index (κ1) is 37.2. The average molecular weight is 734 g/mol. The van der Waals surface area contributed by atoms with Crippen molar-refractivity contribution in [3.63, 3.8) is 0 Å². The lowest BCUT2D eigenvalue weighted by Gasteiger charge is -2.39. The summed E-state index contributed by atoms with van der Waals surface area (Å²) in [7, 11) is 0. The van der Waals surface area contributed by atoms with E-state index in [1.165, 1.54) is 21.7 Å². The van der Waals surface area contributed by atoms with Crippen LogP contribution in [0.2, 0.25) is 0 Å². The largest absolute Gasteiger partial charge is 0.464 e. The Bertz CT molecular complexity index is 1940. The fraction of sp³-hybridized carbons (Fsp3) is 0.395. The van der Waals surface area contributed by atoms with Crippen molar-refractivity contribution in [2.45, 2.75) is 65.0 Å². The second kappa shape index (κ2) is 15.6. The molecule has 2 N–H and O–H groups in total. The highest BCUT2D eigenvalue weighted by molar-refractivity contribution is 5.82. The SMILES string of the molecule is C/C=C/c1ccc([C@@H](Oc2cc(N3CCC4(CC3)C[C@@H](C(=O)OCC)N(C(=O)OCc3ccccc3)C4)nc(N)n2)C(F)(F)F)c(-n2ccc(C)n2)c1. The number of esters is 1. The number of piperidine rings is 1. The van der Waals surface area contributed by atoms with Gasteiger partial charge in [-0.3, -0.25) is 4.90 Å². The molecule has 0 unspecified atom stereocenters. The molecule has 2 aliphatic heterocycles. The van der Waals surface area contributed by atoms with Gasteiger partial charge in [0.2, 0.25) is 17.9 Å². The second-order valence-corrected chi connectivity index (χ2v) is 13.3. The first-order chi connectivity index (χ1) is 25.4. The van der Waals surface area contributed by atoms with Gasteiger partial charge in [0.05, 0.1) is 18.0 Å². The van der Waals surface area contributed by atoms with Crippen LogP contribution < -0.4 is 15.4 Å². The quantitative estimate of drug-likeness (QED) is 0.173. The third-order valence-electron chi connectivity index (χ3n) is 9.56. The van der Waals surface area contributed by atoms with Crippen LogP contribution in [-0.2, 0) is 20.9 Å². The van der Waals surface area contributed by atoms with Crippen molar-refractivity contribution < 1.29 is 37.0 Å². The molecule has 1 spiro atoms. The minimum atomic E-state index is -4.83. The van der Waals surface area contributed by atoms with Crippen molar-refractivity contribution >= 4 is 29.9 Å². The number of nitrogen functional groups attached to an aromatic ring is 1. The number of nitrogens with two attached hydrogens (primary N) is 1. The molecule has 2 aromatic carbocycles. The Balaban J connectivity index is 1.20. The van der Waals surface area contributed by atoms with Gasteiger partial charge in [-0.25, -0.2) is 14.3 Å². The van der Waals surface area contributed by atoms with Crippen LogP contribution in [-0.4, -0.2) is 75.2 Å². The maximum Gasteiger partial charge on any atom is 0.429 e. The molecule has 2 fully saturated rings. The maximum atomic E-state index is 14.8. The number of nitrogens with zero attached hydrogens (tertiary/aromatic N) is 6. The van der Waals surface area contributed by atoms with E-state index in [4.69, 9.17) is 19.9 Å². The van der Waals surface area contributed by atoms with Crippen LogP contribution in [0.25, 0.3) is 11.8 Å². The third kappa shape index (κ3) is 8.56. The highest BCUT2D eigenvalue weighted by atomic mass is 19.4. The molecule has 280 valence electrons. The van der Waals surface area contributed by atoms with E-state index < -0.39 is 35.8 Å². The van der Waals surface area contributed by atoms with Crippen LogP contribution in [0.4, 0.5) is 29.7 Å². The molecule has 2 aromatic heterocycles. The molecule has 4 heterocycles. The van der Waals surface area contributed by atoms with Gasteiger partial charge in [-0.1, -0.05) is 54.6 Å².